The Kier molecular flexibility index (Phi) is 3.23. The molecular formula is C10H8N4. The van der Waals surface area contributed by atoms with Gasteiger partial charge in [-0.3, -0.25) is 5.32 Å². The van der Waals surface area contributed by atoms with E-state index in [4.69, 9.17) is 10.5 Å². The van der Waals surface area contributed by atoms with E-state index in [2.05, 4.69) is 10.3 Å². The lowest BCUT2D eigenvalue weighted by atomic mass is 10.1. The third-order valence-corrected chi connectivity index (χ3v) is 1.66. The van der Waals surface area contributed by atoms with Crippen molar-refractivity contribution in [1.29, 1.82) is 10.5 Å². The van der Waals surface area contributed by atoms with Crippen LogP contribution in [-0.2, 0) is 0 Å². The van der Waals surface area contributed by atoms with Gasteiger partial charge in [-0.05, 0) is 6.92 Å². The molecule has 0 saturated carbocycles. The topological polar surface area (TPSA) is 72.0 Å². The Bertz CT molecular complexity index is 417. The lowest BCUT2D eigenvalue weighted by Crippen LogP contribution is -2.18. The second-order valence-corrected chi connectivity index (χ2v) is 2.66. The minimum Gasteiger partial charge on any atom is -0.276 e. The molecule has 0 atom stereocenters. The van der Waals surface area contributed by atoms with Gasteiger partial charge in [0.1, 0.15) is 0 Å². The van der Waals surface area contributed by atoms with E-state index in [0.29, 0.717) is 0 Å². The van der Waals surface area contributed by atoms with Gasteiger partial charge in [0, 0.05) is 5.56 Å². The summed E-state index contributed by atoms with van der Waals surface area (Å²) in [7, 11) is 0. The minimum atomic E-state index is 0.273. The average Bonchev–Trinajstić information content (AvgIpc) is 2.19. The summed E-state index contributed by atoms with van der Waals surface area (Å²) in [5.41, 5.74) is 1.83. The van der Waals surface area contributed by atoms with Crippen molar-refractivity contribution in [2.45, 2.75) is 6.92 Å². The second-order valence-electron chi connectivity index (χ2n) is 2.66. The van der Waals surface area contributed by atoms with E-state index in [1.165, 1.54) is 0 Å². The summed E-state index contributed by atoms with van der Waals surface area (Å²) < 4.78 is 0. The predicted molar refractivity (Wildman–Crippen MR) is 52.1 cm³/mol. The van der Waals surface area contributed by atoms with Crippen molar-refractivity contribution >= 4 is 5.84 Å². The zero-order chi connectivity index (χ0) is 10.4. The van der Waals surface area contributed by atoms with E-state index >= 15 is 0 Å². The van der Waals surface area contributed by atoms with Gasteiger partial charge in [-0.1, -0.05) is 29.8 Å². The fourth-order valence-electron chi connectivity index (χ4n) is 0.979. The fraction of sp³-hybridized carbons (Fsp3) is 0.100. The van der Waals surface area contributed by atoms with Crippen molar-refractivity contribution < 1.29 is 0 Å². The summed E-state index contributed by atoms with van der Waals surface area (Å²) in [5.74, 6) is 0.273. The molecule has 0 aliphatic rings. The fourth-order valence-corrected chi connectivity index (χ4v) is 0.979. The van der Waals surface area contributed by atoms with Crippen molar-refractivity contribution in [2.24, 2.45) is 4.99 Å². The molecule has 0 spiro atoms. The Hall–Kier alpha value is -2.33. The predicted octanol–water partition coefficient (Wildman–Crippen LogP) is 1.29. The number of nitrogens with one attached hydrogen (secondary N) is 1. The van der Waals surface area contributed by atoms with Gasteiger partial charge in [-0.15, -0.1) is 0 Å². The summed E-state index contributed by atoms with van der Waals surface area (Å²) in [6, 6.07) is 7.38. The third-order valence-electron chi connectivity index (χ3n) is 1.66. The van der Waals surface area contributed by atoms with Gasteiger partial charge in [0.25, 0.3) is 0 Å². The van der Waals surface area contributed by atoms with Gasteiger partial charge in [0.15, 0.2) is 12.0 Å². The maximum atomic E-state index is 8.43. The summed E-state index contributed by atoms with van der Waals surface area (Å²) in [6.45, 7) is 1.96. The van der Waals surface area contributed by atoms with Crippen molar-refractivity contribution in [3.63, 3.8) is 0 Å². The van der Waals surface area contributed by atoms with Gasteiger partial charge >= 0.3 is 0 Å². The summed E-state index contributed by atoms with van der Waals surface area (Å²) in [5, 5.41) is 19.2. The van der Waals surface area contributed by atoms with E-state index in [0.717, 1.165) is 11.1 Å². The Morgan fingerprint density at radius 3 is 2.43 bits per heavy atom. The molecule has 1 N–H and O–H groups in total. The molecule has 1 aromatic rings. The van der Waals surface area contributed by atoms with Crippen molar-refractivity contribution in [3.8, 4) is 12.4 Å². The third kappa shape index (κ3) is 2.33. The average molecular weight is 184 g/mol. The molecule has 0 fully saturated rings. The van der Waals surface area contributed by atoms with E-state index in [9.17, 15) is 0 Å². The smallest absolute Gasteiger partial charge is 0.207 e. The highest BCUT2D eigenvalue weighted by atomic mass is 15.0. The number of nitriles is 2. The number of aryl methyl sites for hydroxylation is 1. The highest BCUT2D eigenvalue weighted by Gasteiger charge is 2.01. The zero-order valence-corrected chi connectivity index (χ0v) is 7.65. The van der Waals surface area contributed by atoms with E-state index in [1.54, 1.807) is 24.5 Å². The summed E-state index contributed by atoms with van der Waals surface area (Å²) in [6.07, 6.45) is 3.37. The van der Waals surface area contributed by atoms with Crippen LogP contribution in [0.3, 0.4) is 0 Å². The molecule has 68 valence electrons. The molecule has 0 aliphatic carbocycles. The lowest BCUT2D eigenvalue weighted by Gasteiger charge is -2.01. The summed E-state index contributed by atoms with van der Waals surface area (Å²) >= 11 is 0. The first kappa shape index (κ1) is 9.76. The number of hydrogen-bond donors (Lipinski definition) is 1. The van der Waals surface area contributed by atoms with Crippen LogP contribution in [0.25, 0.3) is 0 Å². The first-order valence-electron chi connectivity index (χ1n) is 3.97. The molecule has 0 aromatic heterocycles. The number of hydrogen-bond acceptors (Lipinski definition) is 3. The van der Waals surface area contributed by atoms with Crippen LogP contribution in [0.4, 0.5) is 0 Å². The Balaban J connectivity index is 3.03. The molecule has 1 aromatic carbocycles. The number of benzene rings is 1. The molecular weight excluding hydrogens is 176 g/mol. The molecule has 0 saturated heterocycles. The van der Waals surface area contributed by atoms with E-state index in [-0.39, 0.29) is 5.84 Å². The molecule has 0 bridgehead atoms. The lowest BCUT2D eigenvalue weighted by molar-refractivity contribution is 1.24. The minimum absolute atomic E-state index is 0.273. The van der Waals surface area contributed by atoms with E-state index in [1.807, 2.05) is 19.1 Å². The standard InChI is InChI=1S/C10H8N4/c1-8-2-4-9(5-3-8)10(13-6-11)14-7-12/h2-5H,1H3,(H,13,14). The first-order chi connectivity index (χ1) is 6.77. The monoisotopic (exact) mass is 184 g/mol. The van der Waals surface area contributed by atoms with Crippen LogP contribution in [0.1, 0.15) is 11.1 Å². The molecule has 4 nitrogen and oxygen atoms in total. The SMILES string of the molecule is Cc1ccc(C(=NC#N)NC#N)cc1. The van der Waals surface area contributed by atoms with Gasteiger partial charge in [0.2, 0.25) is 6.19 Å². The summed E-state index contributed by atoms with van der Waals surface area (Å²) in [4.78, 5) is 3.50. The van der Waals surface area contributed by atoms with E-state index < -0.39 is 0 Å². The molecule has 1 rings (SSSR count). The van der Waals surface area contributed by atoms with Crippen LogP contribution in [0.15, 0.2) is 29.3 Å². The van der Waals surface area contributed by atoms with Crippen LogP contribution in [0.2, 0.25) is 0 Å². The number of amidine groups is 1. The van der Waals surface area contributed by atoms with Gasteiger partial charge in [-0.25, -0.2) is 0 Å². The van der Waals surface area contributed by atoms with Gasteiger partial charge < -0.3 is 0 Å². The molecule has 0 radical (unpaired) electrons. The van der Waals surface area contributed by atoms with Crippen LogP contribution >= 0.6 is 0 Å². The zero-order valence-electron chi connectivity index (χ0n) is 7.65. The number of aliphatic imine (C=N–C) groups is 1. The largest absolute Gasteiger partial charge is 0.276 e. The van der Waals surface area contributed by atoms with Crippen molar-refractivity contribution in [2.75, 3.05) is 0 Å². The van der Waals surface area contributed by atoms with Crippen molar-refractivity contribution in [1.82, 2.24) is 5.32 Å². The Labute approximate surface area is 82.1 Å². The van der Waals surface area contributed by atoms with Crippen LogP contribution < -0.4 is 5.32 Å². The Morgan fingerprint density at radius 2 is 1.93 bits per heavy atom. The second kappa shape index (κ2) is 4.64. The Morgan fingerprint density at radius 1 is 1.29 bits per heavy atom. The van der Waals surface area contributed by atoms with Crippen LogP contribution in [0, 0.1) is 29.8 Å². The number of rotatable bonds is 1. The molecule has 14 heavy (non-hydrogen) atoms. The maximum Gasteiger partial charge on any atom is 0.207 e. The van der Waals surface area contributed by atoms with Gasteiger partial charge in [-0.2, -0.15) is 15.5 Å². The van der Waals surface area contributed by atoms with Gasteiger partial charge in [0.05, 0.1) is 0 Å². The highest BCUT2D eigenvalue weighted by molar-refractivity contribution is 6.00. The molecule has 4 heteroatoms. The van der Waals surface area contributed by atoms with Crippen LogP contribution in [0.5, 0.6) is 0 Å². The maximum absolute atomic E-state index is 8.43. The normalized spacial score (nSPS) is 10.1. The van der Waals surface area contributed by atoms with Crippen molar-refractivity contribution in [3.05, 3.63) is 35.4 Å². The quantitative estimate of drug-likeness (QED) is 0.309. The molecule has 0 amide bonds. The highest BCUT2D eigenvalue weighted by Crippen LogP contribution is 2.03. The molecule has 0 heterocycles. The number of nitrogens with zero attached hydrogens (tertiary/aromatic N) is 3. The molecule has 0 aliphatic heterocycles. The molecule has 0 unspecified atom stereocenters. The first-order valence-corrected chi connectivity index (χ1v) is 3.97. The van der Waals surface area contributed by atoms with Crippen LogP contribution in [-0.4, -0.2) is 5.84 Å².